The van der Waals surface area contributed by atoms with E-state index in [-0.39, 0.29) is 0 Å². The molecule has 0 fully saturated rings. The van der Waals surface area contributed by atoms with Gasteiger partial charge in [-0.05, 0) is 26.0 Å². The third-order valence-corrected chi connectivity index (χ3v) is 2.80. The number of hydrogen-bond donors (Lipinski definition) is 0. The van der Waals surface area contributed by atoms with Crippen LogP contribution >= 0.6 is 11.6 Å². The van der Waals surface area contributed by atoms with E-state index in [0.29, 0.717) is 16.5 Å². The average molecular weight is 233 g/mol. The van der Waals surface area contributed by atoms with Gasteiger partial charge in [-0.2, -0.15) is 0 Å². The highest BCUT2D eigenvalue weighted by molar-refractivity contribution is 6.33. The largest absolute Gasteiger partial charge is 0.281 e. The summed E-state index contributed by atoms with van der Waals surface area (Å²) in [5.41, 5.74) is 3.35. The van der Waals surface area contributed by atoms with Crippen LogP contribution in [0.5, 0.6) is 0 Å². The minimum atomic E-state index is 0.408. The monoisotopic (exact) mass is 232 g/mol. The Morgan fingerprint density at radius 1 is 1.12 bits per heavy atom. The van der Waals surface area contributed by atoms with Crippen molar-refractivity contribution in [3.8, 4) is 0 Å². The van der Waals surface area contributed by atoms with Crippen LogP contribution in [0.3, 0.4) is 0 Å². The number of rotatable bonds is 0. The number of aryl methyl sites for hydroxylation is 2. The molecule has 0 N–H and O–H groups in total. The average Bonchev–Trinajstić information content (AvgIpc) is 2.58. The standard InChI is InChI=1S/C11H9ClN4/c1-6-4-3-5-8-15-9-10(12)13-7(2)14-11(9)16(6)8/h3-5H,1-2H3. The van der Waals surface area contributed by atoms with Crippen LogP contribution in [-0.2, 0) is 0 Å². The number of aromatic nitrogens is 4. The minimum Gasteiger partial charge on any atom is -0.281 e. The van der Waals surface area contributed by atoms with Gasteiger partial charge in [0.05, 0.1) is 0 Å². The molecule has 0 aliphatic heterocycles. The van der Waals surface area contributed by atoms with Gasteiger partial charge in [-0.25, -0.2) is 15.0 Å². The Hall–Kier alpha value is -1.68. The first-order valence-electron chi connectivity index (χ1n) is 4.95. The van der Waals surface area contributed by atoms with Crippen LogP contribution in [-0.4, -0.2) is 19.4 Å². The van der Waals surface area contributed by atoms with Crippen molar-refractivity contribution >= 4 is 28.4 Å². The van der Waals surface area contributed by atoms with Crippen LogP contribution in [0.15, 0.2) is 18.2 Å². The SMILES string of the molecule is Cc1nc(Cl)c2nc3cccc(C)n3c2n1. The molecule has 5 heteroatoms. The van der Waals surface area contributed by atoms with E-state index < -0.39 is 0 Å². The predicted octanol–water partition coefficient (Wildman–Crippen LogP) is 2.55. The molecule has 80 valence electrons. The number of nitrogens with zero attached hydrogens (tertiary/aromatic N) is 4. The van der Waals surface area contributed by atoms with E-state index in [0.717, 1.165) is 17.0 Å². The number of halogens is 1. The summed E-state index contributed by atoms with van der Waals surface area (Å²) in [5, 5.41) is 0.408. The van der Waals surface area contributed by atoms with Crippen LogP contribution in [0.25, 0.3) is 16.8 Å². The fourth-order valence-electron chi connectivity index (χ4n) is 1.85. The Bertz CT molecular complexity index is 702. The van der Waals surface area contributed by atoms with Gasteiger partial charge in [-0.1, -0.05) is 17.7 Å². The van der Waals surface area contributed by atoms with Gasteiger partial charge < -0.3 is 0 Å². The van der Waals surface area contributed by atoms with Crippen molar-refractivity contribution < 1.29 is 0 Å². The van der Waals surface area contributed by atoms with Crippen molar-refractivity contribution in [2.24, 2.45) is 0 Å². The fourth-order valence-corrected chi connectivity index (χ4v) is 2.10. The Labute approximate surface area is 96.9 Å². The maximum Gasteiger partial charge on any atom is 0.169 e. The highest BCUT2D eigenvalue weighted by atomic mass is 35.5. The van der Waals surface area contributed by atoms with E-state index in [1.807, 2.05) is 36.4 Å². The van der Waals surface area contributed by atoms with Crippen molar-refractivity contribution in [3.05, 3.63) is 34.9 Å². The highest BCUT2D eigenvalue weighted by Crippen LogP contribution is 2.22. The summed E-state index contributed by atoms with van der Waals surface area (Å²) in [5.74, 6) is 0.655. The maximum atomic E-state index is 6.06. The lowest BCUT2D eigenvalue weighted by molar-refractivity contribution is 1.04. The van der Waals surface area contributed by atoms with Gasteiger partial charge in [0.15, 0.2) is 10.8 Å². The highest BCUT2D eigenvalue weighted by Gasteiger charge is 2.11. The Kier molecular flexibility index (Phi) is 1.88. The zero-order chi connectivity index (χ0) is 11.3. The molecule has 0 saturated heterocycles. The van der Waals surface area contributed by atoms with E-state index >= 15 is 0 Å². The van der Waals surface area contributed by atoms with E-state index in [9.17, 15) is 0 Å². The van der Waals surface area contributed by atoms with E-state index in [1.165, 1.54) is 0 Å². The third-order valence-electron chi connectivity index (χ3n) is 2.54. The second kappa shape index (κ2) is 3.15. The van der Waals surface area contributed by atoms with Gasteiger partial charge in [0.25, 0.3) is 0 Å². The minimum absolute atomic E-state index is 0.408. The summed E-state index contributed by atoms with van der Waals surface area (Å²) in [6.07, 6.45) is 0. The Balaban J connectivity index is 2.63. The van der Waals surface area contributed by atoms with Gasteiger partial charge in [-0.15, -0.1) is 0 Å². The molecule has 0 aliphatic rings. The number of pyridine rings is 1. The molecule has 0 bridgehead atoms. The van der Waals surface area contributed by atoms with E-state index in [4.69, 9.17) is 11.6 Å². The predicted molar refractivity (Wildman–Crippen MR) is 62.8 cm³/mol. The quantitative estimate of drug-likeness (QED) is 0.560. The molecule has 3 rings (SSSR count). The first kappa shape index (κ1) is 9.54. The van der Waals surface area contributed by atoms with Crippen LogP contribution < -0.4 is 0 Å². The molecule has 0 unspecified atom stereocenters. The first-order chi connectivity index (χ1) is 7.66. The van der Waals surface area contributed by atoms with Crippen molar-refractivity contribution in [1.82, 2.24) is 19.4 Å². The second-order valence-corrected chi connectivity index (χ2v) is 4.06. The van der Waals surface area contributed by atoms with Crippen LogP contribution in [0.4, 0.5) is 0 Å². The van der Waals surface area contributed by atoms with Crippen molar-refractivity contribution in [3.63, 3.8) is 0 Å². The second-order valence-electron chi connectivity index (χ2n) is 3.71. The third kappa shape index (κ3) is 1.20. The molecule has 0 spiro atoms. The van der Waals surface area contributed by atoms with Crippen LogP contribution in [0.1, 0.15) is 11.5 Å². The molecular formula is C11H9ClN4. The van der Waals surface area contributed by atoms with Crippen LogP contribution in [0, 0.1) is 13.8 Å². The molecule has 0 aromatic carbocycles. The van der Waals surface area contributed by atoms with Crippen molar-refractivity contribution in [1.29, 1.82) is 0 Å². The van der Waals surface area contributed by atoms with Gasteiger partial charge in [0.2, 0.25) is 0 Å². The lowest BCUT2D eigenvalue weighted by atomic mass is 10.4. The summed E-state index contributed by atoms with van der Waals surface area (Å²) in [4.78, 5) is 12.9. The van der Waals surface area contributed by atoms with Crippen LogP contribution in [0.2, 0.25) is 5.15 Å². The molecule has 0 radical (unpaired) electrons. The Morgan fingerprint density at radius 3 is 2.75 bits per heavy atom. The number of fused-ring (bicyclic) bond motifs is 3. The molecule has 4 nitrogen and oxygen atoms in total. The lowest BCUT2D eigenvalue weighted by Gasteiger charge is -2.00. The molecule has 0 amide bonds. The molecule has 16 heavy (non-hydrogen) atoms. The fraction of sp³-hybridized carbons (Fsp3) is 0.182. The van der Waals surface area contributed by atoms with Gasteiger partial charge >= 0.3 is 0 Å². The van der Waals surface area contributed by atoms with Gasteiger partial charge in [-0.3, -0.25) is 4.40 Å². The number of imidazole rings is 1. The Morgan fingerprint density at radius 2 is 1.94 bits per heavy atom. The topological polar surface area (TPSA) is 43.1 Å². The summed E-state index contributed by atoms with van der Waals surface area (Å²) in [6.45, 7) is 3.84. The molecule has 3 aromatic heterocycles. The molecule has 3 aromatic rings. The van der Waals surface area contributed by atoms with Gasteiger partial charge in [0.1, 0.15) is 17.0 Å². The van der Waals surface area contributed by atoms with E-state index in [1.54, 1.807) is 0 Å². The summed E-state index contributed by atoms with van der Waals surface area (Å²) < 4.78 is 1.98. The maximum absolute atomic E-state index is 6.06. The molecule has 0 saturated carbocycles. The zero-order valence-corrected chi connectivity index (χ0v) is 9.65. The van der Waals surface area contributed by atoms with Crippen molar-refractivity contribution in [2.75, 3.05) is 0 Å². The summed E-state index contributed by atoms with van der Waals surface area (Å²) >= 11 is 6.06. The molecular weight excluding hydrogens is 224 g/mol. The smallest absolute Gasteiger partial charge is 0.169 e. The lowest BCUT2D eigenvalue weighted by Crippen LogP contribution is -1.94. The summed E-state index contributed by atoms with van der Waals surface area (Å²) in [6, 6.07) is 5.91. The molecule has 0 aliphatic carbocycles. The van der Waals surface area contributed by atoms with Crippen molar-refractivity contribution in [2.45, 2.75) is 13.8 Å². The first-order valence-corrected chi connectivity index (χ1v) is 5.32. The molecule has 0 atom stereocenters. The number of hydrogen-bond acceptors (Lipinski definition) is 3. The molecule has 3 heterocycles. The zero-order valence-electron chi connectivity index (χ0n) is 8.90. The van der Waals surface area contributed by atoms with Gasteiger partial charge in [0, 0.05) is 5.69 Å². The normalized spacial score (nSPS) is 11.4. The van der Waals surface area contributed by atoms with E-state index in [2.05, 4.69) is 15.0 Å². The summed E-state index contributed by atoms with van der Waals surface area (Å²) in [7, 11) is 0.